The van der Waals surface area contributed by atoms with E-state index >= 15 is 0 Å². The SMILES string of the molecule is CCOC(=O)c1c(C)[nH]c(C(=O)OCC(=O)c2ccc(OC)c(Br)c2)c1C. The molecule has 0 atom stereocenters. The van der Waals surface area contributed by atoms with E-state index < -0.39 is 18.5 Å². The van der Waals surface area contributed by atoms with E-state index in [4.69, 9.17) is 14.2 Å². The highest BCUT2D eigenvalue weighted by molar-refractivity contribution is 9.10. The third-order valence-electron chi connectivity index (χ3n) is 3.93. The van der Waals surface area contributed by atoms with Gasteiger partial charge >= 0.3 is 11.9 Å². The number of esters is 2. The third-order valence-corrected chi connectivity index (χ3v) is 4.55. The van der Waals surface area contributed by atoms with E-state index in [0.29, 0.717) is 32.6 Å². The first-order valence-corrected chi connectivity index (χ1v) is 8.99. The molecule has 0 saturated heterocycles. The van der Waals surface area contributed by atoms with Crippen molar-refractivity contribution in [3.63, 3.8) is 0 Å². The van der Waals surface area contributed by atoms with Crippen LogP contribution < -0.4 is 4.74 Å². The van der Waals surface area contributed by atoms with Gasteiger partial charge in [-0.15, -0.1) is 0 Å². The summed E-state index contributed by atoms with van der Waals surface area (Å²) in [5.41, 5.74) is 1.73. The van der Waals surface area contributed by atoms with Crippen molar-refractivity contribution in [2.24, 2.45) is 0 Å². The van der Waals surface area contributed by atoms with Crippen LogP contribution in [0.4, 0.5) is 0 Å². The van der Waals surface area contributed by atoms with Gasteiger partial charge in [0.1, 0.15) is 11.4 Å². The molecule has 1 aromatic heterocycles. The molecule has 144 valence electrons. The molecule has 0 aliphatic rings. The number of aryl methyl sites for hydroxylation is 1. The first-order chi connectivity index (χ1) is 12.8. The largest absolute Gasteiger partial charge is 0.496 e. The summed E-state index contributed by atoms with van der Waals surface area (Å²) in [4.78, 5) is 39.4. The van der Waals surface area contributed by atoms with E-state index in [1.807, 2.05) is 0 Å². The van der Waals surface area contributed by atoms with E-state index in [0.717, 1.165) is 0 Å². The van der Waals surface area contributed by atoms with E-state index in [2.05, 4.69) is 20.9 Å². The Kier molecular flexibility index (Phi) is 6.79. The van der Waals surface area contributed by atoms with Crippen molar-refractivity contribution < 1.29 is 28.6 Å². The summed E-state index contributed by atoms with van der Waals surface area (Å²) in [6.45, 7) is 4.79. The van der Waals surface area contributed by atoms with Gasteiger partial charge in [0.15, 0.2) is 12.4 Å². The molecule has 0 aliphatic heterocycles. The number of carbonyl (C=O) groups excluding carboxylic acids is 3. The van der Waals surface area contributed by atoms with Gasteiger partial charge in [-0.1, -0.05) is 0 Å². The zero-order valence-corrected chi connectivity index (χ0v) is 17.1. The number of Topliss-reactive ketones (excluding diaryl/α,β-unsaturated/α-hetero) is 1. The van der Waals surface area contributed by atoms with Crippen LogP contribution in [0.5, 0.6) is 5.75 Å². The maximum absolute atomic E-state index is 12.3. The molecule has 0 spiro atoms. The second-order valence-corrected chi connectivity index (χ2v) is 6.55. The van der Waals surface area contributed by atoms with Gasteiger partial charge in [-0.25, -0.2) is 9.59 Å². The van der Waals surface area contributed by atoms with Gasteiger partial charge in [0.25, 0.3) is 0 Å². The van der Waals surface area contributed by atoms with E-state index in [9.17, 15) is 14.4 Å². The van der Waals surface area contributed by atoms with Crippen LogP contribution in [0.15, 0.2) is 22.7 Å². The van der Waals surface area contributed by atoms with Gasteiger partial charge in [0.2, 0.25) is 0 Å². The average molecular weight is 438 g/mol. The lowest BCUT2D eigenvalue weighted by atomic mass is 10.1. The predicted octanol–water partition coefficient (Wildman–Crippen LogP) is 3.62. The molecule has 0 radical (unpaired) electrons. The van der Waals surface area contributed by atoms with Crippen molar-refractivity contribution >= 4 is 33.7 Å². The fourth-order valence-corrected chi connectivity index (χ4v) is 3.13. The quantitative estimate of drug-likeness (QED) is 0.524. The summed E-state index contributed by atoms with van der Waals surface area (Å²) >= 11 is 3.31. The van der Waals surface area contributed by atoms with Crippen molar-refractivity contribution in [1.29, 1.82) is 0 Å². The topological polar surface area (TPSA) is 94.7 Å². The van der Waals surface area contributed by atoms with Crippen molar-refractivity contribution in [1.82, 2.24) is 4.98 Å². The van der Waals surface area contributed by atoms with Gasteiger partial charge in [-0.05, 0) is 60.5 Å². The minimum atomic E-state index is -0.716. The number of ether oxygens (including phenoxy) is 3. The Bertz CT molecular complexity index is 887. The number of methoxy groups -OCH3 is 1. The van der Waals surface area contributed by atoms with Crippen LogP contribution in [-0.2, 0) is 9.47 Å². The molecule has 0 amide bonds. The number of nitrogens with one attached hydrogen (secondary N) is 1. The molecule has 0 saturated carbocycles. The highest BCUT2D eigenvalue weighted by Gasteiger charge is 2.24. The zero-order chi connectivity index (χ0) is 20.1. The van der Waals surface area contributed by atoms with E-state index in [1.165, 1.54) is 7.11 Å². The summed E-state index contributed by atoms with van der Waals surface area (Å²) in [5, 5.41) is 0. The Labute approximate surface area is 165 Å². The average Bonchev–Trinajstić information content (AvgIpc) is 2.93. The number of ketones is 1. The second kappa shape index (κ2) is 8.85. The Balaban J connectivity index is 2.10. The minimum Gasteiger partial charge on any atom is -0.496 e. The number of aromatic nitrogens is 1. The smallest absolute Gasteiger partial charge is 0.355 e. The summed E-state index contributed by atoms with van der Waals surface area (Å²) in [7, 11) is 1.52. The Hall–Kier alpha value is -2.61. The van der Waals surface area contributed by atoms with Crippen LogP contribution >= 0.6 is 15.9 Å². The fraction of sp³-hybridized carbons (Fsp3) is 0.316. The lowest BCUT2D eigenvalue weighted by Gasteiger charge is -2.07. The summed E-state index contributed by atoms with van der Waals surface area (Å²) < 4.78 is 15.8. The zero-order valence-electron chi connectivity index (χ0n) is 15.5. The van der Waals surface area contributed by atoms with Gasteiger partial charge in [-0.2, -0.15) is 0 Å². The summed E-state index contributed by atoms with van der Waals surface area (Å²) in [6.07, 6.45) is 0. The highest BCUT2D eigenvalue weighted by Crippen LogP contribution is 2.26. The van der Waals surface area contributed by atoms with Crippen LogP contribution in [0.1, 0.15) is 49.4 Å². The first-order valence-electron chi connectivity index (χ1n) is 8.20. The van der Waals surface area contributed by atoms with E-state index in [1.54, 1.807) is 39.0 Å². The molecule has 27 heavy (non-hydrogen) atoms. The molecule has 2 aromatic rings. The van der Waals surface area contributed by atoms with Gasteiger partial charge in [0.05, 0.1) is 23.8 Å². The Morgan fingerprint density at radius 3 is 2.41 bits per heavy atom. The van der Waals surface area contributed by atoms with Crippen LogP contribution in [0.25, 0.3) is 0 Å². The molecule has 0 fully saturated rings. The number of H-pyrrole nitrogens is 1. The maximum Gasteiger partial charge on any atom is 0.355 e. The van der Waals surface area contributed by atoms with E-state index in [-0.39, 0.29) is 18.1 Å². The number of rotatable bonds is 7. The van der Waals surface area contributed by atoms with Crippen LogP contribution in [0, 0.1) is 13.8 Å². The monoisotopic (exact) mass is 437 g/mol. The second-order valence-electron chi connectivity index (χ2n) is 5.69. The molecule has 1 heterocycles. The van der Waals surface area contributed by atoms with Gasteiger partial charge in [-0.3, -0.25) is 4.79 Å². The fourth-order valence-electron chi connectivity index (χ4n) is 2.59. The van der Waals surface area contributed by atoms with Crippen molar-refractivity contribution in [2.45, 2.75) is 20.8 Å². The molecular weight excluding hydrogens is 418 g/mol. The van der Waals surface area contributed by atoms with Crippen LogP contribution in [0.2, 0.25) is 0 Å². The third kappa shape index (κ3) is 4.57. The first kappa shape index (κ1) is 20.7. The number of aromatic amines is 1. The van der Waals surface area contributed by atoms with Crippen molar-refractivity contribution in [2.75, 3.05) is 20.3 Å². The summed E-state index contributed by atoms with van der Waals surface area (Å²) in [5.74, 6) is -1.00. The molecule has 0 bridgehead atoms. The molecule has 1 N–H and O–H groups in total. The molecule has 7 nitrogen and oxygen atoms in total. The number of hydrogen-bond donors (Lipinski definition) is 1. The number of benzene rings is 1. The Morgan fingerprint density at radius 1 is 1.11 bits per heavy atom. The normalized spacial score (nSPS) is 10.4. The maximum atomic E-state index is 12.3. The molecular formula is C19H20BrNO6. The molecule has 0 aliphatic carbocycles. The summed E-state index contributed by atoms with van der Waals surface area (Å²) in [6, 6.07) is 4.82. The lowest BCUT2D eigenvalue weighted by molar-refractivity contribution is 0.0468. The predicted molar refractivity (Wildman–Crippen MR) is 102 cm³/mol. The highest BCUT2D eigenvalue weighted by atomic mass is 79.9. The lowest BCUT2D eigenvalue weighted by Crippen LogP contribution is -2.15. The van der Waals surface area contributed by atoms with Gasteiger partial charge < -0.3 is 19.2 Å². The van der Waals surface area contributed by atoms with Gasteiger partial charge in [0, 0.05) is 11.3 Å². The number of hydrogen-bond acceptors (Lipinski definition) is 6. The van der Waals surface area contributed by atoms with Crippen molar-refractivity contribution in [3.05, 3.63) is 50.8 Å². The van der Waals surface area contributed by atoms with Crippen LogP contribution in [0.3, 0.4) is 0 Å². The molecule has 2 rings (SSSR count). The Morgan fingerprint density at radius 2 is 1.81 bits per heavy atom. The minimum absolute atomic E-state index is 0.124. The molecule has 1 aromatic carbocycles. The number of carbonyl (C=O) groups is 3. The molecule has 0 unspecified atom stereocenters. The standard InChI is InChI=1S/C19H20BrNO6/c1-5-26-18(23)16-10(2)17(21-11(16)3)19(24)27-9-14(22)12-6-7-15(25-4)13(20)8-12/h6-8,21H,5,9H2,1-4H3. The van der Waals surface area contributed by atoms with Crippen LogP contribution in [-0.4, -0.2) is 43.0 Å². The van der Waals surface area contributed by atoms with Crippen molar-refractivity contribution in [3.8, 4) is 5.75 Å². The number of halogens is 1. The molecule has 8 heteroatoms.